The third kappa shape index (κ3) is 6.76. The van der Waals surface area contributed by atoms with Gasteiger partial charge in [-0.2, -0.15) is 11.8 Å². The second-order valence-corrected chi connectivity index (χ2v) is 11.1. The first-order chi connectivity index (χ1) is 15.1. The smallest absolute Gasteiger partial charge is 0.407 e. The number of rotatable bonds is 9. The summed E-state index contributed by atoms with van der Waals surface area (Å²) in [6, 6.07) is -1.32. The molecule has 1 aliphatic carbocycles. The van der Waals surface area contributed by atoms with Crippen LogP contribution in [0.25, 0.3) is 0 Å². The highest BCUT2D eigenvalue weighted by molar-refractivity contribution is 8.00. The van der Waals surface area contributed by atoms with Crippen LogP contribution >= 0.6 is 11.8 Å². The van der Waals surface area contributed by atoms with Gasteiger partial charge in [0.1, 0.15) is 12.1 Å². The molecule has 0 spiro atoms. The van der Waals surface area contributed by atoms with Crippen molar-refractivity contribution in [1.82, 2.24) is 15.5 Å². The van der Waals surface area contributed by atoms with Crippen molar-refractivity contribution < 1.29 is 19.1 Å². The lowest BCUT2D eigenvalue weighted by molar-refractivity contribution is -0.140. The topological polar surface area (TPSA) is 138 Å². The highest BCUT2D eigenvalue weighted by atomic mass is 32.2. The van der Waals surface area contributed by atoms with Crippen LogP contribution in [0.2, 0.25) is 0 Å². The van der Waals surface area contributed by atoms with Crippen LogP contribution < -0.4 is 16.4 Å². The Morgan fingerprint density at radius 1 is 1.22 bits per heavy atom. The number of amidine groups is 1. The number of nitrogens with one attached hydrogen (secondary N) is 3. The van der Waals surface area contributed by atoms with Gasteiger partial charge >= 0.3 is 6.09 Å². The van der Waals surface area contributed by atoms with Gasteiger partial charge in [0.2, 0.25) is 11.8 Å². The van der Waals surface area contributed by atoms with Crippen molar-refractivity contribution in [3.63, 3.8) is 0 Å². The Hall–Kier alpha value is -1.97. The van der Waals surface area contributed by atoms with Crippen molar-refractivity contribution in [2.24, 2.45) is 17.6 Å². The van der Waals surface area contributed by atoms with Crippen molar-refractivity contribution >= 4 is 35.5 Å². The van der Waals surface area contributed by atoms with Gasteiger partial charge in [-0.05, 0) is 64.0 Å². The number of carbonyl (C=O) groups excluding carboxylic acids is 3. The second kappa shape index (κ2) is 11.8. The molecule has 2 rings (SSSR count). The molecular weight excluding hydrogens is 430 g/mol. The van der Waals surface area contributed by atoms with E-state index in [1.807, 2.05) is 20.8 Å². The number of hydrogen-bond donors (Lipinski definition) is 4. The molecule has 1 aliphatic heterocycles. The van der Waals surface area contributed by atoms with Crippen LogP contribution in [0.3, 0.4) is 0 Å². The molecular formula is C22H39N5O4S. The molecule has 0 bridgehead atoms. The summed E-state index contributed by atoms with van der Waals surface area (Å²) >= 11 is 1.58. The molecule has 32 heavy (non-hydrogen) atoms. The lowest BCUT2D eigenvalue weighted by Crippen LogP contribution is -2.59. The third-order valence-electron chi connectivity index (χ3n) is 6.60. The van der Waals surface area contributed by atoms with E-state index in [1.54, 1.807) is 16.7 Å². The largest absolute Gasteiger partial charge is 0.453 e. The number of hydrogen-bond acceptors (Lipinski definition) is 6. The Morgan fingerprint density at radius 3 is 2.44 bits per heavy atom. The number of thioether (sulfide) groups is 1. The van der Waals surface area contributed by atoms with Crippen LogP contribution in [0.1, 0.15) is 59.3 Å². The molecule has 0 aromatic carbocycles. The molecule has 2 fully saturated rings. The van der Waals surface area contributed by atoms with E-state index in [0.29, 0.717) is 25.4 Å². The highest BCUT2D eigenvalue weighted by Gasteiger charge is 2.44. The molecule has 2 atom stereocenters. The van der Waals surface area contributed by atoms with Crippen molar-refractivity contribution in [3.05, 3.63) is 0 Å². The monoisotopic (exact) mass is 469 g/mol. The van der Waals surface area contributed by atoms with E-state index in [4.69, 9.17) is 15.9 Å². The van der Waals surface area contributed by atoms with Crippen LogP contribution in [0.5, 0.6) is 0 Å². The zero-order chi connectivity index (χ0) is 23.9. The molecule has 1 heterocycles. The zero-order valence-corrected chi connectivity index (χ0v) is 20.6. The van der Waals surface area contributed by atoms with Crippen LogP contribution in [0, 0.1) is 17.2 Å². The molecule has 0 unspecified atom stereocenters. The Labute approximate surface area is 195 Å². The Bertz CT molecular complexity index is 694. The fraction of sp³-hybridized carbons (Fsp3) is 0.818. The van der Waals surface area contributed by atoms with Gasteiger partial charge in [0.25, 0.3) is 0 Å². The number of likely N-dealkylation sites (tertiary alicyclic amines) is 1. The van der Waals surface area contributed by atoms with Crippen molar-refractivity contribution in [2.45, 2.75) is 76.1 Å². The SMILES string of the molecule is CCSC(C)(C)[C@@H](NC(=O)OC)C(=O)N1CCC[C@H]1C(=O)NCC1CCC(C(=N)N)CC1. The lowest BCUT2D eigenvalue weighted by atomic mass is 9.81. The Morgan fingerprint density at radius 2 is 1.88 bits per heavy atom. The summed E-state index contributed by atoms with van der Waals surface area (Å²) < 4.78 is 4.18. The summed E-state index contributed by atoms with van der Waals surface area (Å²) in [4.78, 5) is 40.0. The maximum Gasteiger partial charge on any atom is 0.407 e. The van der Waals surface area contributed by atoms with Crippen LogP contribution in [0.15, 0.2) is 0 Å². The van der Waals surface area contributed by atoms with E-state index in [-0.39, 0.29) is 23.6 Å². The number of alkyl carbamates (subject to hydrolysis) is 1. The van der Waals surface area contributed by atoms with Crippen LogP contribution in [-0.4, -0.2) is 71.4 Å². The number of ether oxygens (including phenoxy) is 1. The molecule has 0 aromatic heterocycles. The molecule has 182 valence electrons. The predicted molar refractivity (Wildman–Crippen MR) is 127 cm³/mol. The average molecular weight is 470 g/mol. The van der Waals surface area contributed by atoms with Gasteiger partial charge in [-0.3, -0.25) is 15.0 Å². The number of amides is 3. The average Bonchev–Trinajstić information content (AvgIpc) is 3.25. The predicted octanol–water partition coefficient (Wildman–Crippen LogP) is 2.09. The molecule has 2 aliphatic rings. The molecule has 5 N–H and O–H groups in total. The molecule has 1 saturated carbocycles. The lowest BCUT2D eigenvalue weighted by Gasteiger charge is -2.37. The first-order valence-corrected chi connectivity index (χ1v) is 12.5. The quantitative estimate of drug-likeness (QED) is 0.301. The number of carbonyl (C=O) groups is 3. The number of nitrogens with zero attached hydrogens (tertiary/aromatic N) is 1. The van der Waals surface area contributed by atoms with E-state index in [1.165, 1.54) is 7.11 Å². The Balaban J connectivity index is 2.00. The summed E-state index contributed by atoms with van der Waals surface area (Å²) in [5, 5.41) is 13.3. The fourth-order valence-electron chi connectivity index (χ4n) is 4.67. The molecule has 0 radical (unpaired) electrons. The number of nitrogens with two attached hydrogens (primary N) is 1. The fourth-order valence-corrected chi connectivity index (χ4v) is 5.74. The zero-order valence-electron chi connectivity index (χ0n) is 19.7. The minimum atomic E-state index is -0.796. The molecule has 0 aromatic rings. The molecule has 9 nitrogen and oxygen atoms in total. The van der Waals surface area contributed by atoms with Crippen molar-refractivity contribution in [2.75, 3.05) is 26.0 Å². The van der Waals surface area contributed by atoms with E-state index in [2.05, 4.69) is 10.6 Å². The summed E-state index contributed by atoms with van der Waals surface area (Å²) in [6.45, 7) is 6.91. The van der Waals surface area contributed by atoms with E-state index >= 15 is 0 Å². The van der Waals surface area contributed by atoms with E-state index < -0.39 is 22.9 Å². The first kappa shape index (κ1) is 26.3. The Kier molecular flexibility index (Phi) is 9.66. The van der Waals surface area contributed by atoms with Gasteiger partial charge in [-0.1, -0.05) is 6.92 Å². The van der Waals surface area contributed by atoms with Gasteiger partial charge in [-0.25, -0.2) is 4.79 Å². The van der Waals surface area contributed by atoms with Gasteiger partial charge in [-0.15, -0.1) is 0 Å². The summed E-state index contributed by atoms with van der Waals surface area (Å²) in [7, 11) is 1.27. The van der Waals surface area contributed by atoms with Gasteiger partial charge in [0.05, 0.1) is 12.9 Å². The van der Waals surface area contributed by atoms with Crippen molar-refractivity contribution in [3.8, 4) is 0 Å². The highest BCUT2D eigenvalue weighted by Crippen LogP contribution is 2.31. The molecule has 3 amide bonds. The van der Waals surface area contributed by atoms with E-state index in [9.17, 15) is 14.4 Å². The van der Waals surface area contributed by atoms with E-state index in [0.717, 1.165) is 37.9 Å². The second-order valence-electron chi connectivity index (χ2n) is 9.21. The van der Waals surface area contributed by atoms with Gasteiger partial charge < -0.3 is 26.0 Å². The van der Waals surface area contributed by atoms with Crippen LogP contribution in [-0.2, 0) is 14.3 Å². The summed E-state index contributed by atoms with van der Waals surface area (Å²) in [5.41, 5.74) is 5.61. The summed E-state index contributed by atoms with van der Waals surface area (Å²) in [6.07, 6.45) is 4.34. The number of methoxy groups -OCH3 is 1. The van der Waals surface area contributed by atoms with Gasteiger partial charge in [0.15, 0.2) is 0 Å². The first-order valence-electron chi connectivity index (χ1n) is 11.5. The maximum absolute atomic E-state index is 13.5. The minimum Gasteiger partial charge on any atom is -0.453 e. The molecule has 1 saturated heterocycles. The standard InChI is InChI=1S/C22H39N5O4S/c1-5-32-22(2,3)17(26-21(30)31-4)20(29)27-12-6-7-16(27)19(28)25-13-14-8-10-15(11-9-14)18(23)24/h14-17H,5-13H2,1-4H3,(H3,23,24)(H,25,28)(H,26,30)/t14?,15?,16-,17-/m0/s1. The van der Waals surface area contributed by atoms with Gasteiger partial charge in [0, 0.05) is 23.8 Å². The minimum absolute atomic E-state index is 0.137. The normalized spacial score (nSPS) is 24.5. The maximum atomic E-state index is 13.5. The molecule has 10 heteroatoms. The van der Waals surface area contributed by atoms with Crippen LogP contribution in [0.4, 0.5) is 4.79 Å². The summed E-state index contributed by atoms with van der Waals surface area (Å²) in [5.74, 6) is 1.19. The van der Waals surface area contributed by atoms with Crippen molar-refractivity contribution in [1.29, 1.82) is 5.41 Å². The third-order valence-corrected chi connectivity index (χ3v) is 7.86.